The van der Waals surface area contributed by atoms with Crippen LogP contribution in [0.4, 0.5) is 33.6 Å². The van der Waals surface area contributed by atoms with Crippen LogP contribution in [0.25, 0.3) is 0 Å². The maximum atomic E-state index is 13.5. The highest BCUT2D eigenvalue weighted by Crippen LogP contribution is 2.41. The molecule has 69 heavy (non-hydrogen) atoms. The first-order valence-electron chi connectivity index (χ1n) is 23.8. The lowest BCUT2D eigenvalue weighted by Crippen LogP contribution is -2.55. The molecule has 21 heteroatoms. The number of nitrogens with one attached hydrogen (secondary N) is 4. The molecule has 2 aromatic carbocycles. The highest BCUT2D eigenvalue weighted by Gasteiger charge is 2.42. The number of benzene rings is 2. The average molecular weight is 952 g/mol. The third kappa shape index (κ3) is 10.7. The van der Waals surface area contributed by atoms with Crippen LogP contribution in [0.1, 0.15) is 91.0 Å². The van der Waals surface area contributed by atoms with E-state index in [1.165, 1.54) is 16.9 Å². The van der Waals surface area contributed by atoms with Crippen LogP contribution in [0.15, 0.2) is 42.6 Å². The van der Waals surface area contributed by atoms with Gasteiger partial charge in [0.15, 0.2) is 5.82 Å². The van der Waals surface area contributed by atoms with Gasteiger partial charge in [0, 0.05) is 80.7 Å². The topological polar surface area (TPSA) is 237 Å². The van der Waals surface area contributed by atoms with Crippen molar-refractivity contribution in [3.05, 3.63) is 59.3 Å². The molecule has 368 valence electrons. The summed E-state index contributed by atoms with van der Waals surface area (Å²) in [4.78, 5) is 108. The van der Waals surface area contributed by atoms with E-state index in [-0.39, 0.29) is 80.8 Å². The molecule has 0 bridgehead atoms. The monoisotopic (exact) mass is 951 g/mol. The lowest BCUT2D eigenvalue weighted by molar-refractivity contribution is -0.137. The first-order valence-corrected chi connectivity index (χ1v) is 23.8. The largest absolute Gasteiger partial charge is 0.495 e. The Balaban J connectivity index is 0.770. The second-order valence-electron chi connectivity index (χ2n) is 18.0. The smallest absolute Gasteiger partial charge is 0.410 e. The molecule has 4 N–H and O–H groups in total. The molecule has 2 unspecified atom stereocenters. The molecule has 2 saturated heterocycles. The number of ether oxygens (including phenoxy) is 3. The normalized spacial score (nSPS) is 19.8. The van der Waals surface area contributed by atoms with Crippen LogP contribution in [-0.2, 0) is 35.2 Å². The summed E-state index contributed by atoms with van der Waals surface area (Å²) in [5.74, 6) is -0.378. The number of amides is 7. The summed E-state index contributed by atoms with van der Waals surface area (Å²) in [5, 5.41) is 11.5. The summed E-state index contributed by atoms with van der Waals surface area (Å²) in [6, 6.07) is 9.25. The Labute approximate surface area is 400 Å². The Hall–Kier alpha value is -6.87. The molecule has 1 aliphatic carbocycles. The van der Waals surface area contributed by atoms with Crippen molar-refractivity contribution in [2.75, 3.05) is 87.6 Å². The van der Waals surface area contributed by atoms with Gasteiger partial charge in [-0.05, 0) is 68.9 Å². The molecule has 3 aromatic rings. The number of anilines is 5. The molecule has 5 heterocycles. The molecule has 21 nitrogen and oxygen atoms in total. The number of hydrogen-bond acceptors (Lipinski definition) is 15. The van der Waals surface area contributed by atoms with Crippen molar-refractivity contribution < 1.29 is 47.8 Å². The van der Waals surface area contributed by atoms with Gasteiger partial charge in [-0.3, -0.25) is 39.0 Å². The second kappa shape index (κ2) is 21.6. The van der Waals surface area contributed by atoms with Crippen molar-refractivity contribution in [3.8, 4) is 5.75 Å². The van der Waals surface area contributed by atoms with Crippen LogP contribution < -0.4 is 35.8 Å². The number of likely N-dealkylation sites (tertiary alicyclic amines) is 1. The molecule has 8 rings (SSSR count). The zero-order valence-electron chi connectivity index (χ0n) is 39.6. The number of aromatic nitrogens is 2. The van der Waals surface area contributed by atoms with E-state index in [4.69, 9.17) is 19.2 Å². The Bertz CT molecular complexity index is 2460. The summed E-state index contributed by atoms with van der Waals surface area (Å²) >= 11 is 0. The SMILES string of the molecule is CCC1C(=O)N(C)c2cnc(Nc3ccc(C(=O)NC4CCN(CCOCCN(CC(=O)Nc5cccc6c5CN(C5CCC(=O)NC5=O)C6=O)C(=O)OC)CC4)cc3OC)nc2N1C1CCCC1. The van der Waals surface area contributed by atoms with Crippen LogP contribution in [0.2, 0.25) is 0 Å². The fraction of sp³-hybridized carbons (Fsp3) is 0.521. The molecular weight excluding hydrogens is 891 g/mol. The van der Waals surface area contributed by atoms with Crippen LogP contribution in [0.5, 0.6) is 5.75 Å². The highest BCUT2D eigenvalue weighted by atomic mass is 16.5. The summed E-state index contributed by atoms with van der Waals surface area (Å²) in [6.45, 7) is 4.55. The third-order valence-electron chi connectivity index (χ3n) is 13.7. The molecular formula is C48H61N11O10. The van der Waals surface area contributed by atoms with Crippen molar-refractivity contribution in [2.24, 2.45) is 0 Å². The van der Waals surface area contributed by atoms with Gasteiger partial charge in [-0.25, -0.2) is 9.78 Å². The lowest BCUT2D eigenvalue weighted by Gasteiger charge is -2.43. The minimum Gasteiger partial charge on any atom is -0.495 e. The number of methoxy groups -OCH3 is 2. The quantitative estimate of drug-likeness (QED) is 0.112. The van der Waals surface area contributed by atoms with Gasteiger partial charge in [0.1, 0.15) is 30.1 Å². The molecule has 5 aliphatic rings. The summed E-state index contributed by atoms with van der Waals surface area (Å²) in [6.07, 6.45) is 7.77. The van der Waals surface area contributed by atoms with E-state index in [0.29, 0.717) is 65.0 Å². The molecule has 7 amide bonds. The van der Waals surface area contributed by atoms with Gasteiger partial charge in [-0.2, -0.15) is 4.98 Å². The fourth-order valence-corrected chi connectivity index (χ4v) is 9.97. The molecule has 3 fully saturated rings. The van der Waals surface area contributed by atoms with E-state index >= 15 is 0 Å². The van der Waals surface area contributed by atoms with Crippen LogP contribution in [0, 0.1) is 0 Å². The van der Waals surface area contributed by atoms with Gasteiger partial charge in [-0.1, -0.05) is 25.8 Å². The summed E-state index contributed by atoms with van der Waals surface area (Å²) in [5.41, 5.74) is 3.02. The number of piperidine rings is 2. The van der Waals surface area contributed by atoms with Crippen molar-refractivity contribution in [1.29, 1.82) is 0 Å². The van der Waals surface area contributed by atoms with E-state index in [2.05, 4.69) is 36.1 Å². The number of rotatable bonds is 17. The zero-order valence-corrected chi connectivity index (χ0v) is 39.6. The van der Waals surface area contributed by atoms with E-state index in [9.17, 15) is 33.6 Å². The molecule has 1 saturated carbocycles. The summed E-state index contributed by atoms with van der Waals surface area (Å²) < 4.78 is 16.5. The molecule has 1 aromatic heterocycles. The average Bonchev–Trinajstić information content (AvgIpc) is 4.01. The number of carbonyl (C=O) groups excluding carboxylic acids is 7. The Kier molecular flexibility index (Phi) is 15.2. The Morgan fingerprint density at radius 2 is 1.74 bits per heavy atom. The highest BCUT2D eigenvalue weighted by molar-refractivity contribution is 6.07. The Morgan fingerprint density at radius 1 is 0.957 bits per heavy atom. The van der Waals surface area contributed by atoms with Crippen LogP contribution >= 0.6 is 0 Å². The number of carbonyl (C=O) groups is 7. The molecule has 4 aliphatic heterocycles. The van der Waals surface area contributed by atoms with Crippen molar-refractivity contribution >= 4 is 70.4 Å². The molecule has 2 atom stereocenters. The van der Waals surface area contributed by atoms with Gasteiger partial charge in [0.25, 0.3) is 11.8 Å². The number of hydrogen-bond donors (Lipinski definition) is 4. The number of nitrogens with zero attached hydrogens (tertiary/aromatic N) is 7. The van der Waals surface area contributed by atoms with Crippen LogP contribution in [0.3, 0.4) is 0 Å². The summed E-state index contributed by atoms with van der Waals surface area (Å²) in [7, 11) is 4.54. The third-order valence-corrected chi connectivity index (χ3v) is 13.7. The minimum atomic E-state index is -0.795. The zero-order chi connectivity index (χ0) is 48.8. The minimum absolute atomic E-state index is 0.0244. The van der Waals surface area contributed by atoms with Crippen molar-refractivity contribution in [2.45, 2.75) is 95.4 Å². The first kappa shape index (κ1) is 48.6. The van der Waals surface area contributed by atoms with Crippen LogP contribution in [-0.4, -0.2) is 158 Å². The lowest BCUT2D eigenvalue weighted by atomic mass is 10.0. The maximum Gasteiger partial charge on any atom is 0.410 e. The second-order valence-corrected chi connectivity index (χ2v) is 18.0. The number of likely N-dealkylation sites (N-methyl/N-ethyl adjacent to an activating group) is 1. The fourth-order valence-electron chi connectivity index (χ4n) is 9.97. The van der Waals surface area contributed by atoms with Crippen molar-refractivity contribution in [1.82, 2.24) is 35.3 Å². The van der Waals surface area contributed by atoms with Crippen molar-refractivity contribution in [3.63, 3.8) is 0 Å². The van der Waals surface area contributed by atoms with E-state index in [1.54, 1.807) is 61.7 Å². The Morgan fingerprint density at radius 3 is 2.46 bits per heavy atom. The molecule has 0 radical (unpaired) electrons. The van der Waals surface area contributed by atoms with Gasteiger partial charge >= 0.3 is 6.09 Å². The maximum absolute atomic E-state index is 13.5. The standard InChI is InChI=1S/C48H61N11O10/c1-5-36-46(65)55(2)38-26-49-47(54-42(38)59(36)31-9-6-7-10-31)52-35-14-13-29(25-39(35)67-3)43(62)50-30-17-19-56(20-18-30)21-23-69-24-22-57(48(66)68-4)28-41(61)51-34-12-8-11-32-33(34)27-58(45(32)64)37-15-16-40(60)53-44(37)63/h8,11-14,25-26,30-31,36-37H,5-7,9-10,15-24,27-28H2,1-4H3,(H,50,62)(H,51,61)(H,49,52,54)(H,53,60,63). The molecule has 0 spiro atoms. The van der Waals surface area contributed by atoms with E-state index in [1.807, 2.05) is 6.92 Å². The number of imide groups is 1. The predicted molar refractivity (Wildman–Crippen MR) is 253 cm³/mol. The van der Waals surface area contributed by atoms with E-state index < -0.39 is 23.9 Å². The van der Waals surface area contributed by atoms with Gasteiger partial charge in [0.2, 0.25) is 29.6 Å². The van der Waals surface area contributed by atoms with Gasteiger partial charge in [0.05, 0.1) is 39.3 Å². The first-order chi connectivity index (χ1) is 33.4. The van der Waals surface area contributed by atoms with E-state index in [0.717, 1.165) is 57.4 Å². The number of fused-ring (bicyclic) bond motifs is 2. The van der Waals surface area contributed by atoms with Gasteiger partial charge in [-0.15, -0.1) is 0 Å². The predicted octanol–water partition coefficient (Wildman–Crippen LogP) is 3.41. The van der Waals surface area contributed by atoms with Gasteiger partial charge < -0.3 is 49.8 Å².